The van der Waals surface area contributed by atoms with Crippen molar-refractivity contribution >= 4 is 33.2 Å². The molecule has 0 aliphatic carbocycles. The number of fused-ring (bicyclic) bond motifs is 1. The molecule has 7 nitrogen and oxygen atoms in total. The summed E-state index contributed by atoms with van der Waals surface area (Å²) in [6.07, 6.45) is 1.83. The van der Waals surface area contributed by atoms with Gasteiger partial charge in [0.25, 0.3) is 0 Å². The molecule has 0 spiro atoms. The molecule has 4 rings (SSSR count). The molecule has 33 heavy (non-hydrogen) atoms. The van der Waals surface area contributed by atoms with Gasteiger partial charge in [-0.15, -0.1) is 0 Å². The van der Waals surface area contributed by atoms with Crippen LogP contribution < -0.4 is 10.2 Å². The van der Waals surface area contributed by atoms with Crippen molar-refractivity contribution in [2.75, 3.05) is 30.4 Å². The Morgan fingerprint density at radius 3 is 2.48 bits per heavy atom. The van der Waals surface area contributed by atoms with Crippen molar-refractivity contribution < 1.29 is 18.0 Å². The van der Waals surface area contributed by atoms with Gasteiger partial charge in [0.1, 0.15) is 0 Å². The number of rotatable bonds is 5. The lowest BCUT2D eigenvalue weighted by atomic mass is 9.86. The Bertz CT molecular complexity index is 1200. The van der Waals surface area contributed by atoms with E-state index >= 15 is 0 Å². The van der Waals surface area contributed by atoms with E-state index in [2.05, 4.69) is 12.2 Å². The summed E-state index contributed by atoms with van der Waals surface area (Å²) >= 11 is 0. The summed E-state index contributed by atoms with van der Waals surface area (Å²) in [5.74, 6) is -0.351. The molecule has 1 saturated heterocycles. The highest BCUT2D eigenvalue weighted by atomic mass is 32.2. The van der Waals surface area contributed by atoms with Crippen molar-refractivity contribution in [3.05, 3.63) is 53.6 Å². The third kappa shape index (κ3) is 4.17. The first-order valence-electron chi connectivity index (χ1n) is 11.4. The summed E-state index contributed by atoms with van der Waals surface area (Å²) in [4.78, 5) is 27.0. The molecule has 0 aromatic heterocycles. The maximum atomic E-state index is 13.3. The molecular weight excluding hydrogens is 438 g/mol. The maximum Gasteiger partial charge on any atom is 0.243 e. The van der Waals surface area contributed by atoms with E-state index in [1.54, 1.807) is 30.1 Å². The van der Waals surface area contributed by atoms with E-state index in [-0.39, 0.29) is 35.7 Å². The predicted octanol–water partition coefficient (Wildman–Crippen LogP) is 3.54. The number of sulfonamides is 1. The number of anilines is 2. The summed E-state index contributed by atoms with van der Waals surface area (Å²) < 4.78 is 28.1. The van der Waals surface area contributed by atoms with Crippen molar-refractivity contribution in [1.29, 1.82) is 0 Å². The highest BCUT2D eigenvalue weighted by Gasteiger charge is 2.43. The van der Waals surface area contributed by atoms with E-state index in [1.165, 1.54) is 4.31 Å². The second-order valence-electron chi connectivity index (χ2n) is 9.39. The number of carbonyl (C=O) groups is 2. The van der Waals surface area contributed by atoms with Crippen LogP contribution in [-0.2, 0) is 31.4 Å². The topological polar surface area (TPSA) is 86.8 Å². The SMILES string of the molecule is CCc1cccc(NC(=O)C2CCN(S(=O)(=O)c3ccc4c(c3)C(C)(C)C(=O)N4C)CC2)c1. The minimum atomic E-state index is -3.71. The van der Waals surface area contributed by atoms with Gasteiger partial charge in [-0.1, -0.05) is 19.1 Å². The Hall–Kier alpha value is -2.71. The number of hydrogen-bond acceptors (Lipinski definition) is 4. The van der Waals surface area contributed by atoms with Crippen molar-refractivity contribution in [2.24, 2.45) is 5.92 Å². The molecular formula is C25H31N3O4S. The molecule has 1 N–H and O–H groups in total. The largest absolute Gasteiger partial charge is 0.326 e. The number of hydrogen-bond donors (Lipinski definition) is 1. The van der Waals surface area contributed by atoms with Gasteiger partial charge in [-0.25, -0.2) is 8.42 Å². The molecule has 0 unspecified atom stereocenters. The molecule has 1 fully saturated rings. The van der Waals surface area contributed by atoms with E-state index in [0.29, 0.717) is 12.8 Å². The lowest BCUT2D eigenvalue weighted by molar-refractivity contribution is -0.122. The van der Waals surface area contributed by atoms with E-state index in [1.807, 2.05) is 38.1 Å². The summed E-state index contributed by atoms with van der Waals surface area (Å²) in [6.45, 7) is 6.27. The Morgan fingerprint density at radius 2 is 1.82 bits per heavy atom. The Morgan fingerprint density at radius 1 is 1.12 bits per heavy atom. The number of amides is 2. The van der Waals surface area contributed by atoms with E-state index in [4.69, 9.17) is 0 Å². The minimum Gasteiger partial charge on any atom is -0.326 e. The Kier molecular flexibility index (Phi) is 6.09. The van der Waals surface area contributed by atoms with Crippen LogP contribution in [0.4, 0.5) is 11.4 Å². The van der Waals surface area contributed by atoms with Gasteiger partial charge < -0.3 is 10.2 Å². The summed E-state index contributed by atoms with van der Waals surface area (Å²) in [6, 6.07) is 12.7. The summed E-state index contributed by atoms with van der Waals surface area (Å²) in [7, 11) is -2.01. The molecule has 2 aliphatic rings. The molecule has 2 heterocycles. The number of nitrogens with zero attached hydrogens (tertiary/aromatic N) is 2. The van der Waals surface area contributed by atoms with E-state index < -0.39 is 15.4 Å². The molecule has 0 atom stereocenters. The van der Waals surface area contributed by atoms with Crippen LogP contribution in [0.25, 0.3) is 0 Å². The lowest BCUT2D eigenvalue weighted by Crippen LogP contribution is -2.41. The summed E-state index contributed by atoms with van der Waals surface area (Å²) in [5.41, 5.74) is 2.62. The number of aryl methyl sites for hydroxylation is 1. The smallest absolute Gasteiger partial charge is 0.243 e. The van der Waals surface area contributed by atoms with Gasteiger partial charge in [0, 0.05) is 37.4 Å². The zero-order chi connectivity index (χ0) is 24.0. The molecule has 0 saturated carbocycles. The number of likely N-dealkylation sites (N-methyl/N-ethyl adjacent to an activating group) is 1. The van der Waals surface area contributed by atoms with Crippen molar-refractivity contribution in [3.8, 4) is 0 Å². The third-order valence-corrected chi connectivity index (χ3v) is 8.80. The first-order valence-corrected chi connectivity index (χ1v) is 12.8. The minimum absolute atomic E-state index is 0.0525. The van der Waals surface area contributed by atoms with Gasteiger partial charge in [-0.3, -0.25) is 9.59 Å². The number of carbonyl (C=O) groups excluding carboxylic acids is 2. The average Bonchev–Trinajstić information content (AvgIpc) is 2.99. The van der Waals surface area contributed by atoms with Crippen LogP contribution in [0.2, 0.25) is 0 Å². The predicted molar refractivity (Wildman–Crippen MR) is 129 cm³/mol. The van der Waals surface area contributed by atoms with Gasteiger partial charge in [0.15, 0.2) is 0 Å². The van der Waals surface area contributed by atoms with Gasteiger partial charge in [-0.05, 0) is 74.6 Å². The van der Waals surface area contributed by atoms with Gasteiger partial charge in [0.2, 0.25) is 21.8 Å². The maximum absolute atomic E-state index is 13.3. The van der Waals surface area contributed by atoms with E-state index in [0.717, 1.165) is 28.9 Å². The summed E-state index contributed by atoms with van der Waals surface area (Å²) in [5, 5.41) is 2.97. The molecule has 176 valence electrons. The van der Waals surface area contributed by atoms with Crippen LogP contribution in [-0.4, -0.2) is 44.7 Å². The Labute approximate surface area is 195 Å². The highest BCUT2D eigenvalue weighted by Crippen LogP contribution is 2.42. The molecule has 0 radical (unpaired) electrons. The fraction of sp³-hybridized carbons (Fsp3) is 0.440. The monoisotopic (exact) mass is 469 g/mol. The normalized spacial score (nSPS) is 18.9. The second-order valence-corrected chi connectivity index (χ2v) is 11.3. The molecule has 0 bridgehead atoms. The third-order valence-electron chi connectivity index (χ3n) is 6.91. The van der Waals surface area contributed by atoms with Crippen molar-refractivity contribution in [3.63, 3.8) is 0 Å². The standard InChI is InChI=1S/C25H31N3O4S/c1-5-17-7-6-8-19(15-17)26-23(29)18-11-13-28(14-12-18)33(31,32)20-9-10-22-21(16-20)25(2,3)24(30)27(22)4/h6-10,15-16,18H,5,11-14H2,1-4H3,(H,26,29). The first kappa shape index (κ1) is 23.4. The van der Waals surface area contributed by atoms with Crippen molar-refractivity contribution in [2.45, 2.75) is 50.3 Å². The Balaban J connectivity index is 1.45. The quantitative estimate of drug-likeness (QED) is 0.726. The van der Waals surface area contributed by atoms with E-state index in [9.17, 15) is 18.0 Å². The molecule has 2 aliphatic heterocycles. The van der Waals surface area contributed by atoms with Crippen LogP contribution in [0.3, 0.4) is 0 Å². The van der Waals surface area contributed by atoms with Gasteiger partial charge >= 0.3 is 0 Å². The average molecular weight is 470 g/mol. The van der Waals surface area contributed by atoms with Gasteiger partial charge in [-0.2, -0.15) is 4.31 Å². The zero-order valence-electron chi connectivity index (χ0n) is 19.6. The van der Waals surface area contributed by atoms with Crippen LogP contribution in [0.1, 0.15) is 44.7 Å². The van der Waals surface area contributed by atoms with Crippen LogP contribution in [0, 0.1) is 5.92 Å². The number of nitrogens with one attached hydrogen (secondary N) is 1. The molecule has 2 aromatic carbocycles. The number of piperidine rings is 1. The molecule has 2 amide bonds. The van der Waals surface area contributed by atoms with Crippen LogP contribution >= 0.6 is 0 Å². The lowest BCUT2D eigenvalue weighted by Gasteiger charge is -2.30. The highest BCUT2D eigenvalue weighted by molar-refractivity contribution is 7.89. The number of benzene rings is 2. The zero-order valence-corrected chi connectivity index (χ0v) is 20.4. The first-order chi connectivity index (χ1) is 15.6. The fourth-order valence-corrected chi connectivity index (χ4v) is 6.23. The second kappa shape index (κ2) is 8.57. The van der Waals surface area contributed by atoms with Gasteiger partial charge in [0.05, 0.1) is 10.3 Å². The van der Waals surface area contributed by atoms with Crippen molar-refractivity contribution in [1.82, 2.24) is 4.31 Å². The molecule has 8 heteroatoms. The van der Waals surface area contributed by atoms with Crippen LogP contribution in [0.5, 0.6) is 0 Å². The molecule has 2 aromatic rings. The van der Waals surface area contributed by atoms with Crippen LogP contribution in [0.15, 0.2) is 47.4 Å². The fourth-order valence-electron chi connectivity index (χ4n) is 4.73.